The molecule has 2 aromatic rings. The summed E-state index contributed by atoms with van der Waals surface area (Å²) < 4.78 is 51.6. The second-order valence-corrected chi connectivity index (χ2v) is 9.52. The normalized spacial score (nSPS) is 15.0. The highest BCUT2D eigenvalue weighted by Gasteiger charge is 2.27. The number of benzene rings is 2. The molecule has 0 bridgehead atoms. The number of halogens is 1. The summed E-state index contributed by atoms with van der Waals surface area (Å²) in [5, 5.41) is 2.67. The van der Waals surface area contributed by atoms with Crippen LogP contribution in [0.5, 0.6) is 11.5 Å². The van der Waals surface area contributed by atoms with Gasteiger partial charge in [-0.05, 0) is 69.2 Å². The summed E-state index contributed by atoms with van der Waals surface area (Å²) in [6, 6.07) is 9.76. The second kappa shape index (κ2) is 10.1. The van der Waals surface area contributed by atoms with Gasteiger partial charge in [-0.1, -0.05) is 6.42 Å². The monoisotopic (exact) mass is 450 g/mol. The Bertz CT molecular complexity index is 1000. The molecule has 0 spiro atoms. The second-order valence-electron chi connectivity index (χ2n) is 7.58. The fraction of sp³-hybridized carbons (Fsp3) is 0.409. The zero-order valence-electron chi connectivity index (χ0n) is 17.6. The van der Waals surface area contributed by atoms with Crippen LogP contribution in [-0.4, -0.2) is 44.4 Å². The van der Waals surface area contributed by atoms with E-state index in [9.17, 15) is 17.6 Å². The Morgan fingerprint density at radius 2 is 1.77 bits per heavy atom. The molecule has 168 valence electrons. The van der Waals surface area contributed by atoms with Crippen LogP contribution in [0.1, 0.15) is 33.1 Å². The molecule has 2 aromatic carbocycles. The molecule has 0 aromatic heterocycles. The minimum atomic E-state index is -3.67. The minimum absolute atomic E-state index is 0.0975. The first-order chi connectivity index (χ1) is 14.8. The molecular weight excluding hydrogens is 423 g/mol. The van der Waals surface area contributed by atoms with E-state index in [1.807, 2.05) is 13.8 Å². The maximum Gasteiger partial charge on any atom is 0.262 e. The molecular formula is C22H27FN2O5S. The van der Waals surface area contributed by atoms with Crippen LogP contribution in [0.25, 0.3) is 0 Å². The molecule has 1 N–H and O–H groups in total. The fourth-order valence-corrected chi connectivity index (χ4v) is 4.79. The van der Waals surface area contributed by atoms with Gasteiger partial charge in [0.15, 0.2) is 6.61 Å². The highest BCUT2D eigenvalue weighted by molar-refractivity contribution is 7.89. The molecule has 1 aliphatic heterocycles. The highest BCUT2D eigenvalue weighted by Crippen LogP contribution is 2.31. The van der Waals surface area contributed by atoms with E-state index in [4.69, 9.17) is 9.47 Å². The predicted octanol–water partition coefficient (Wildman–Crippen LogP) is 3.81. The van der Waals surface area contributed by atoms with Gasteiger partial charge in [-0.15, -0.1) is 0 Å². The number of hydrogen-bond donors (Lipinski definition) is 1. The molecule has 1 heterocycles. The minimum Gasteiger partial charge on any atom is -0.489 e. The number of carbonyl (C=O) groups excluding carboxylic acids is 1. The van der Waals surface area contributed by atoms with Gasteiger partial charge in [0.05, 0.1) is 16.7 Å². The molecule has 3 rings (SSSR count). The molecule has 0 atom stereocenters. The van der Waals surface area contributed by atoms with Gasteiger partial charge in [0.1, 0.15) is 17.3 Å². The maximum atomic E-state index is 13.0. The van der Waals surface area contributed by atoms with Crippen molar-refractivity contribution in [3.8, 4) is 11.5 Å². The number of carbonyl (C=O) groups is 1. The molecule has 31 heavy (non-hydrogen) atoms. The first kappa shape index (κ1) is 23.0. The number of rotatable bonds is 8. The number of hydrogen-bond acceptors (Lipinski definition) is 5. The van der Waals surface area contributed by atoms with Crippen LogP contribution >= 0.6 is 0 Å². The van der Waals surface area contributed by atoms with Crippen molar-refractivity contribution in [1.29, 1.82) is 0 Å². The Balaban J connectivity index is 1.78. The van der Waals surface area contributed by atoms with E-state index >= 15 is 0 Å². The fourth-order valence-electron chi connectivity index (χ4n) is 3.24. The van der Waals surface area contributed by atoms with Crippen molar-refractivity contribution in [2.24, 2.45) is 0 Å². The molecule has 0 aliphatic carbocycles. The molecule has 0 saturated carbocycles. The Morgan fingerprint density at radius 3 is 2.42 bits per heavy atom. The van der Waals surface area contributed by atoms with Gasteiger partial charge in [-0.2, -0.15) is 4.31 Å². The third kappa shape index (κ3) is 6.18. The SMILES string of the molecule is CC(C)Oc1ccc(S(=O)(=O)N2CCCCC2)cc1NC(=O)COc1ccc(F)cc1. The van der Waals surface area contributed by atoms with Crippen LogP contribution in [0, 0.1) is 5.82 Å². The molecule has 1 saturated heterocycles. The Morgan fingerprint density at radius 1 is 1.10 bits per heavy atom. The molecule has 7 nitrogen and oxygen atoms in total. The van der Waals surface area contributed by atoms with E-state index in [2.05, 4.69) is 5.32 Å². The molecule has 0 radical (unpaired) electrons. The first-order valence-electron chi connectivity index (χ1n) is 10.2. The smallest absolute Gasteiger partial charge is 0.262 e. The molecule has 0 unspecified atom stereocenters. The van der Waals surface area contributed by atoms with Gasteiger partial charge >= 0.3 is 0 Å². The predicted molar refractivity (Wildman–Crippen MR) is 115 cm³/mol. The Kier molecular flexibility index (Phi) is 7.50. The van der Waals surface area contributed by atoms with E-state index in [0.29, 0.717) is 24.6 Å². The van der Waals surface area contributed by atoms with Crippen molar-refractivity contribution in [1.82, 2.24) is 4.31 Å². The van der Waals surface area contributed by atoms with Gasteiger partial charge in [-0.3, -0.25) is 4.79 Å². The number of anilines is 1. The van der Waals surface area contributed by atoms with E-state index < -0.39 is 21.7 Å². The zero-order chi connectivity index (χ0) is 22.4. The summed E-state index contributed by atoms with van der Waals surface area (Å²) in [6.45, 7) is 4.32. The van der Waals surface area contributed by atoms with Crippen molar-refractivity contribution in [3.63, 3.8) is 0 Å². The zero-order valence-corrected chi connectivity index (χ0v) is 18.5. The van der Waals surface area contributed by atoms with Crippen LogP contribution in [-0.2, 0) is 14.8 Å². The van der Waals surface area contributed by atoms with Gasteiger partial charge in [0.25, 0.3) is 5.91 Å². The lowest BCUT2D eigenvalue weighted by Gasteiger charge is -2.26. The topological polar surface area (TPSA) is 84.9 Å². The number of sulfonamides is 1. The van der Waals surface area contributed by atoms with Gasteiger partial charge in [0, 0.05) is 13.1 Å². The lowest BCUT2D eigenvalue weighted by Crippen LogP contribution is -2.35. The third-order valence-corrected chi connectivity index (χ3v) is 6.62. The standard InChI is InChI=1S/C22H27FN2O5S/c1-16(2)30-21-11-10-19(31(27,28)25-12-4-3-5-13-25)14-20(21)24-22(26)15-29-18-8-6-17(23)7-9-18/h6-11,14,16H,3-5,12-13,15H2,1-2H3,(H,24,26). The van der Waals surface area contributed by atoms with Crippen LogP contribution in [0.4, 0.5) is 10.1 Å². The molecule has 1 fully saturated rings. The van der Waals surface area contributed by atoms with E-state index in [0.717, 1.165) is 19.3 Å². The summed E-state index contributed by atoms with van der Waals surface area (Å²) >= 11 is 0. The average Bonchev–Trinajstić information content (AvgIpc) is 2.75. The molecule has 9 heteroatoms. The number of nitrogens with zero attached hydrogens (tertiary/aromatic N) is 1. The number of amides is 1. The largest absolute Gasteiger partial charge is 0.489 e. The van der Waals surface area contributed by atoms with Crippen LogP contribution < -0.4 is 14.8 Å². The summed E-state index contributed by atoms with van der Waals surface area (Å²) in [5.74, 6) is -0.191. The van der Waals surface area contributed by atoms with Crippen molar-refractivity contribution < 1.29 is 27.1 Å². The summed E-state index contributed by atoms with van der Waals surface area (Å²) in [6.07, 6.45) is 2.51. The Labute approximate surface area is 182 Å². The van der Waals surface area contributed by atoms with E-state index in [1.165, 1.54) is 40.7 Å². The van der Waals surface area contributed by atoms with Crippen LogP contribution in [0.2, 0.25) is 0 Å². The first-order valence-corrected chi connectivity index (χ1v) is 11.7. The molecule has 1 aliphatic rings. The molecule has 1 amide bonds. The van der Waals surface area contributed by atoms with Gasteiger partial charge < -0.3 is 14.8 Å². The summed E-state index contributed by atoms with van der Waals surface area (Å²) in [4.78, 5) is 12.5. The van der Waals surface area contributed by atoms with Crippen LogP contribution in [0.15, 0.2) is 47.4 Å². The van der Waals surface area contributed by atoms with Crippen LogP contribution in [0.3, 0.4) is 0 Å². The maximum absolute atomic E-state index is 13.0. The van der Waals surface area contributed by atoms with E-state index in [1.54, 1.807) is 6.07 Å². The van der Waals surface area contributed by atoms with Crippen molar-refractivity contribution in [3.05, 3.63) is 48.3 Å². The third-order valence-electron chi connectivity index (χ3n) is 4.72. The summed E-state index contributed by atoms with van der Waals surface area (Å²) in [7, 11) is -3.67. The summed E-state index contributed by atoms with van der Waals surface area (Å²) in [5.41, 5.74) is 0.250. The average molecular weight is 451 g/mol. The van der Waals surface area contributed by atoms with Gasteiger partial charge in [0.2, 0.25) is 10.0 Å². The lowest BCUT2D eigenvalue weighted by molar-refractivity contribution is -0.118. The number of piperidine rings is 1. The highest BCUT2D eigenvalue weighted by atomic mass is 32.2. The lowest BCUT2D eigenvalue weighted by atomic mass is 10.2. The van der Waals surface area contributed by atoms with E-state index in [-0.39, 0.29) is 23.3 Å². The van der Waals surface area contributed by atoms with Crippen molar-refractivity contribution >= 4 is 21.6 Å². The van der Waals surface area contributed by atoms with Crippen molar-refractivity contribution in [2.45, 2.75) is 44.1 Å². The van der Waals surface area contributed by atoms with Crippen molar-refractivity contribution in [2.75, 3.05) is 25.0 Å². The number of nitrogens with one attached hydrogen (secondary N) is 1. The van der Waals surface area contributed by atoms with Gasteiger partial charge in [-0.25, -0.2) is 12.8 Å². The number of ether oxygens (including phenoxy) is 2. The Hall–Kier alpha value is -2.65. The quantitative estimate of drug-likeness (QED) is 0.661.